The van der Waals surface area contributed by atoms with Crippen molar-refractivity contribution in [3.63, 3.8) is 0 Å². The monoisotopic (exact) mass is 252 g/mol. The first-order chi connectivity index (χ1) is 8.92. The van der Waals surface area contributed by atoms with E-state index in [4.69, 9.17) is 4.74 Å². The average Bonchev–Trinajstić information content (AvgIpc) is 2.68. The van der Waals surface area contributed by atoms with Crippen LogP contribution in [0.4, 0.5) is 10.1 Å². The fourth-order valence-electron chi connectivity index (χ4n) is 2.16. The maximum absolute atomic E-state index is 12.1. The number of anilines is 1. The number of rotatable bonds is 5. The molecule has 0 unspecified atom stereocenters. The molecule has 1 aromatic rings. The van der Waals surface area contributed by atoms with Crippen LogP contribution in [0.25, 0.3) is 0 Å². The zero-order valence-corrected chi connectivity index (χ0v) is 10.7. The fraction of sp³-hybridized carbons (Fsp3) is 0.571. The summed E-state index contributed by atoms with van der Waals surface area (Å²) in [7, 11) is 0. The first-order valence-electron chi connectivity index (χ1n) is 6.65. The van der Waals surface area contributed by atoms with E-state index < -0.39 is 0 Å². The van der Waals surface area contributed by atoms with Gasteiger partial charge in [0.1, 0.15) is 5.75 Å². The van der Waals surface area contributed by atoms with Crippen molar-refractivity contribution in [2.24, 2.45) is 0 Å². The average molecular weight is 252 g/mol. The van der Waals surface area contributed by atoms with Gasteiger partial charge in [0.05, 0.1) is 19.0 Å². The van der Waals surface area contributed by atoms with Crippen LogP contribution in [-0.2, 0) is 0 Å². The zero-order valence-electron chi connectivity index (χ0n) is 10.7. The molecule has 1 heterocycles. The predicted molar refractivity (Wildman–Crippen MR) is 72.2 cm³/mol. The normalized spacial score (nSPS) is 16.4. The van der Waals surface area contributed by atoms with Gasteiger partial charge in [-0.3, -0.25) is 4.39 Å². The van der Waals surface area contributed by atoms with Crippen molar-refractivity contribution < 1.29 is 9.13 Å². The molecular weight excluding hydrogens is 231 g/mol. The maximum atomic E-state index is 12.1. The molecule has 0 radical (unpaired) electrons. The Balaban J connectivity index is 2.05. The van der Waals surface area contributed by atoms with E-state index in [0.717, 1.165) is 44.0 Å². The molecule has 0 spiro atoms. The van der Waals surface area contributed by atoms with E-state index in [-0.39, 0.29) is 6.67 Å². The number of benzene rings is 1. The third-order valence-electron chi connectivity index (χ3n) is 3.08. The van der Waals surface area contributed by atoms with Crippen molar-refractivity contribution in [3.05, 3.63) is 24.3 Å². The van der Waals surface area contributed by atoms with Gasteiger partial charge in [-0.15, -0.1) is 0 Å². The molecular formula is C14H21FN2O. The largest absolute Gasteiger partial charge is 0.491 e. The molecule has 1 saturated heterocycles. The molecule has 1 fully saturated rings. The second-order valence-corrected chi connectivity index (χ2v) is 4.45. The topological polar surface area (TPSA) is 24.5 Å². The van der Waals surface area contributed by atoms with Gasteiger partial charge in [-0.2, -0.15) is 0 Å². The molecule has 4 heteroatoms. The summed E-state index contributed by atoms with van der Waals surface area (Å²) in [5, 5.41) is 3.39. The number of hydrogen-bond donors (Lipinski definition) is 1. The van der Waals surface area contributed by atoms with Crippen LogP contribution in [0.5, 0.6) is 5.75 Å². The maximum Gasteiger partial charge on any atom is 0.142 e. The Morgan fingerprint density at radius 1 is 1.22 bits per heavy atom. The molecule has 0 atom stereocenters. The summed E-state index contributed by atoms with van der Waals surface area (Å²) in [5.74, 6) is 0.868. The van der Waals surface area contributed by atoms with Gasteiger partial charge in [0.15, 0.2) is 0 Å². The van der Waals surface area contributed by atoms with E-state index in [2.05, 4.69) is 16.3 Å². The Hall–Kier alpha value is -1.29. The van der Waals surface area contributed by atoms with Crippen LogP contribution in [0.3, 0.4) is 0 Å². The summed E-state index contributed by atoms with van der Waals surface area (Å²) in [4.78, 5) is 2.34. The Kier molecular flexibility index (Phi) is 5.27. The molecule has 0 amide bonds. The quantitative estimate of drug-likeness (QED) is 0.813. The number of alkyl halides is 1. The third-order valence-corrected chi connectivity index (χ3v) is 3.08. The van der Waals surface area contributed by atoms with Crippen molar-refractivity contribution in [1.29, 1.82) is 0 Å². The van der Waals surface area contributed by atoms with Gasteiger partial charge in [0, 0.05) is 26.1 Å². The van der Waals surface area contributed by atoms with Crippen LogP contribution < -0.4 is 15.0 Å². The molecule has 1 aliphatic heterocycles. The first kappa shape index (κ1) is 13.1. The lowest BCUT2D eigenvalue weighted by molar-refractivity contribution is 0.290. The fourth-order valence-corrected chi connectivity index (χ4v) is 2.16. The van der Waals surface area contributed by atoms with E-state index in [1.54, 1.807) is 0 Å². The minimum Gasteiger partial charge on any atom is -0.491 e. The van der Waals surface area contributed by atoms with Gasteiger partial charge in [-0.1, -0.05) is 12.1 Å². The molecule has 18 heavy (non-hydrogen) atoms. The summed E-state index contributed by atoms with van der Waals surface area (Å²) in [6.45, 7) is 4.22. The molecule has 3 nitrogen and oxygen atoms in total. The van der Waals surface area contributed by atoms with Crippen molar-refractivity contribution in [3.8, 4) is 5.75 Å². The smallest absolute Gasteiger partial charge is 0.142 e. The minimum atomic E-state index is -0.324. The van der Waals surface area contributed by atoms with Crippen LogP contribution in [0.1, 0.15) is 12.8 Å². The van der Waals surface area contributed by atoms with Crippen LogP contribution in [0.2, 0.25) is 0 Å². The Labute approximate surface area is 108 Å². The standard InChI is InChI=1S/C14H21FN2O/c15-7-3-12-18-14-6-2-1-5-13(14)17-10-4-8-16-9-11-17/h1-2,5-6,16H,3-4,7-12H2. The molecule has 0 aliphatic carbocycles. The highest BCUT2D eigenvalue weighted by molar-refractivity contribution is 5.58. The summed E-state index contributed by atoms with van der Waals surface area (Å²) in [5.41, 5.74) is 1.13. The number of nitrogens with one attached hydrogen (secondary N) is 1. The van der Waals surface area contributed by atoms with Gasteiger partial charge in [0.25, 0.3) is 0 Å². The molecule has 0 bridgehead atoms. The second kappa shape index (κ2) is 7.21. The second-order valence-electron chi connectivity index (χ2n) is 4.45. The van der Waals surface area contributed by atoms with Crippen LogP contribution >= 0.6 is 0 Å². The van der Waals surface area contributed by atoms with E-state index in [1.807, 2.05) is 18.2 Å². The molecule has 2 rings (SSSR count). The number of halogens is 1. The number of para-hydroxylation sites is 2. The molecule has 1 N–H and O–H groups in total. The van der Waals surface area contributed by atoms with Gasteiger partial charge in [-0.05, 0) is 25.1 Å². The predicted octanol–water partition coefficient (Wildman–Crippen LogP) is 2.22. The van der Waals surface area contributed by atoms with E-state index >= 15 is 0 Å². The molecule has 0 aromatic heterocycles. The van der Waals surface area contributed by atoms with Crippen LogP contribution in [0.15, 0.2) is 24.3 Å². The van der Waals surface area contributed by atoms with Crippen molar-refractivity contribution >= 4 is 5.69 Å². The number of hydrogen-bond acceptors (Lipinski definition) is 3. The molecule has 100 valence electrons. The summed E-state index contributed by atoms with van der Waals surface area (Å²) < 4.78 is 17.8. The summed E-state index contributed by atoms with van der Waals surface area (Å²) >= 11 is 0. The van der Waals surface area contributed by atoms with E-state index in [0.29, 0.717) is 13.0 Å². The highest BCUT2D eigenvalue weighted by Gasteiger charge is 2.13. The minimum absolute atomic E-state index is 0.324. The zero-order chi connectivity index (χ0) is 12.6. The lowest BCUT2D eigenvalue weighted by Crippen LogP contribution is -2.28. The van der Waals surface area contributed by atoms with Gasteiger partial charge in [0.2, 0.25) is 0 Å². The van der Waals surface area contributed by atoms with E-state index in [9.17, 15) is 4.39 Å². The van der Waals surface area contributed by atoms with Crippen molar-refractivity contribution in [1.82, 2.24) is 5.32 Å². The van der Waals surface area contributed by atoms with Crippen molar-refractivity contribution in [2.45, 2.75) is 12.8 Å². The third kappa shape index (κ3) is 3.60. The Morgan fingerprint density at radius 3 is 3.00 bits per heavy atom. The highest BCUT2D eigenvalue weighted by atomic mass is 19.1. The van der Waals surface area contributed by atoms with Gasteiger partial charge in [-0.25, -0.2) is 0 Å². The molecule has 0 saturated carbocycles. The Morgan fingerprint density at radius 2 is 2.11 bits per heavy atom. The van der Waals surface area contributed by atoms with Crippen LogP contribution in [0, 0.1) is 0 Å². The highest BCUT2D eigenvalue weighted by Crippen LogP contribution is 2.28. The van der Waals surface area contributed by atoms with E-state index in [1.165, 1.54) is 0 Å². The van der Waals surface area contributed by atoms with Crippen LogP contribution in [-0.4, -0.2) is 39.5 Å². The van der Waals surface area contributed by atoms with Gasteiger partial charge < -0.3 is 15.0 Å². The molecule has 1 aliphatic rings. The van der Waals surface area contributed by atoms with Crippen molar-refractivity contribution in [2.75, 3.05) is 44.4 Å². The Bertz CT molecular complexity index is 351. The number of ether oxygens (including phenoxy) is 1. The lowest BCUT2D eigenvalue weighted by atomic mass is 10.2. The summed E-state index contributed by atoms with van der Waals surface area (Å²) in [6.07, 6.45) is 1.59. The first-order valence-corrected chi connectivity index (χ1v) is 6.65. The summed E-state index contributed by atoms with van der Waals surface area (Å²) in [6, 6.07) is 8.03. The SMILES string of the molecule is FCCCOc1ccccc1N1CCCNCC1. The molecule has 1 aromatic carbocycles. The van der Waals surface area contributed by atoms with Gasteiger partial charge >= 0.3 is 0 Å². The number of nitrogens with zero attached hydrogens (tertiary/aromatic N) is 1. The lowest BCUT2D eigenvalue weighted by Gasteiger charge is -2.24.